The molecule has 3 amide bonds. The summed E-state index contributed by atoms with van der Waals surface area (Å²) < 4.78 is 39.9. The van der Waals surface area contributed by atoms with Crippen molar-refractivity contribution >= 4 is 45.5 Å². The van der Waals surface area contributed by atoms with Crippen molar-refractivity contribution in [2.75, 3.05) is 33.9 Å². The summed E-state index contributed by atoms with van der Waals surface area (Å²) in [4.78, 5) is 31.2. The summed E-state index contributed by atoms with van der Waals surface area (Å²) in [6.45, 7) is 2.09. The Morgan fingerprint density at radius 2 is 1.64 bits per heavy atom. The predicted octanol–water partition coefficient (Wildman–Crippen LogP) is 4.99. The van der Waals surface area contributed by atoms with Gasteiger partial charge in [-0.3, -0.25) is 10.1 Å². The van der Waals surface area contributed by atoms with E-state index in [1.165, 1.54) is 19.0 Å². The number of anilines is 4. The van der Waals surface area contributed by atoms with E-state index >= 15 is 0 Å². The molecule has 1 aromatic heterocycles. The highest BCUT2D eigenvalue weighted by molar-refractivity contribution is 7.15. The molecule has 172 valence electrons. The topological polar surface area (TPSA) is 86.4 Å². The number of aromatic nitrogens is 1. The van der Waals surface area contributed by atoms with Gasteiger partial charge in [0, 0.05) is 47.7 Å². The Labute approximate surface area is 191 Å². The second kappa shape index (κ2) is 9.90. The smallest absolute Gasteiger partial charge is 0.325 e. The summed E-state index contributed by atoms with van der Waals surface area (Å²) in [6, 6.07) is 7.65. The molecule has 33 heavy (non-hydrogen) atoms. The molecule has 1 aliphatic rings. The molecular formula is C22H20F3N5O2S. The summed E-state index contributed by atoms with van der Waals surface area (Å²) in [5.41, 5.74) is 1.29. The Kier molecular flexibility index (Phi) is 6.78. The lowest BCUT2D eigenvalue weighted by Crippen LogP contribution is -2.20. The largest absolute Gasteiger partial charge is 0.372 e. The molecule has 4 rings (SSSR count). The Morgan fingerprint density at radius 3 is 2.36 bits per heavy atom. The van der Waals surface area contributed by atoms with Crippen LogP contribution in [0, 0.1) is 17.5 Å². The minimum atomic E-state index is -1.36. The number of hydrogen-bond acceptors (Lipinski definition) is 5. The fraction of sp³-hybridized carbons (Fsp3) is 0.227. The van der Waals surface area contributed by atoms with E-state index in [1.54, 1.807) is 0 Å². The summed E-state index contributed by atoms with van der Waals surface area (Å²) in [5.74, 6) is -4.01. The van der Waals surface area contributed by atoms with Crippen LogP contribution in [0.5, 0.6) is 0 Å². The number of amides is 3. The van der Waals surface area contributed by atoms with E-state index in [0.29, 0.717) is 22.7 Å². The van der Waals surface area contributed by atoms with Crippen molar-refractivity contribution in [2.45, 2.75) is 19.3 Å². The zero-order chi connectivity index (χ0) is 23.4. The quantitative estimate of drug-likeness (QED) is 0.439. The van der Waals surface area contributed by atoms with Gasteiger partial charge in [0.2, 0.25) is 5.91 Å². The van der Waals surface area contributed by atoms with Gasteiger partial charge in [0.1, 0.15) is 5.82 Å². The van der Waals surface area contributed by atoms with Gasteiger partial charge in [-0.1, -0.05) is 0 Å². The first-order valence-electron chi connectivity index (χ1n) is 10.2. The summed E-state index contributed by atoms with van der Waals surface area (Å²) in [6.07, 6.45) is 3.86. The minimum absolute atomic E-state index is 0.0483. The highest BCUT2D eigenvalue weighted by Crippen LogP contribution is 2.24. The van der Waals surface area contributed by atoms with E-state index in [9.17, 15) is 22.8 Å². The third-order valence-electron chi connectivity index (χ3n) is 4.99. The van der Waals surface area contributed by atoms with Gasteiger partial charge < -0.3 is 15.5 Å². The van der Waals surface area contributed by atoms with Gasteiger partial charge >= 0.3 is 6.03 Å². The molecule has 0 bridgehead atoms. The molecule has 0 aliphatic carbocycles. The number of hydrogen-bond donors (Lipinski definition) is 3. The second-order valence-electron chi connectivity index (χ2n) is 7.42. The van der Waals surface area contributed by atoms with Gasteiger partial charge in [-0.25, -0.2) is 22.9 Å². The number of nitrogens with one attached hydrogen (secondary N) is 3. The van der Waals surface area contributed by atoms with Crippen LogP contribution in [-0.2, 0) is 11.2 Å². The van der Waals surface area contributed by atoms with Gasteiger partial charge in [-0.05, 0) is 37.1 Å². The second-order valence-corrected chi connectivity index (χ2v) is 8.54. The zero-order valence-electron chi connectivity index (χ0n) is 17.3. The van der Waals surface area contributed by atoms with Crippen LogP contribution >= 0.6 is 11.3 Å². The third kappa shape index (κ3) is 5.80. The summed E-state index contributed by atoms with van der Waals surface area (Å²) in [5, 5.41) is 7.43. The Morgan fingerprint density at radius 1 is 0.939 bits per heavy atom. The highest BCUT2D eigenvalue weighted by Gasteiger charge is 2.15. The first kappa shape index (κ1) is 22.6. The molecule has 7 nitrogen and oxygen atoms in total. The van der Waals surface area contributed by atoms with Gasteiger partial charge in [-0.15, -0.1) is 11.3 Å². The van der Waals surface area contributed by atoms with E-state index < -0.39 is 29.2 Å². The average Bonchev–Trinajstić information content (AvgIpc) is 3.45. The molecule has 11 heteroatoms. The van der Waals surface area contributed by atoms with E-state index in [4.69, 9.17) is 0 Å². The molecule has 0 atom stereocenters. The molecule has 1 saturated heterocycles. The molecule has 3 aromatic rings. The molecule has 1 fully saturated rings. The van der Waals surface area contributed by atoms with Gasteiger partial charge in [-0.2, -0.15) is 0 Å². The van der Waals surface area contributed by atoms with Crippen LogP contribution in [0.1, 0.15) is 17.7 Å². The SMILES string of the molecule is O=C(Cc1cnc(NC(=O)Nc2cc(F)c(F)cc2F)s1)Nc1ccc(N2CCCC2)cc1. The molecule has 0 radical (unpaired) electrons. The van der Waals surface area contributed by atoms with Gasteiger partial charge in [0.05, 0.1) is 12.1 Å². The van der Waals surface area contributed by atoms with Crippen LogP contribution in [-0.4, -0.2) is 30.0 Å². The lowest BCUT2D eigenvalue weighted by molar-refractivity contribution is -0.115. The van der Waals surface area contributed by atoms with Crippen LogP contribution in [0.15, 0.2) is 42.6 Å². The van der Waals surface area contributed by atoms with Crippen molar-refractivity contribution in [2.24, 2.45) is 0 Å². The van der Waals surface area contributed by atoms with Crippen LogP contribution in [0.25, 0.3) is 0 Å². The van der Waals surface area contributed by atoms with Crippen molar-refractivity contribution in [1.82, 2.24) is 4.98 Å². The number of carbonyl (C=O) groups excluding carboxylic acids is 2. The van der Waals surface area contributed by atoms with Crippen molar-refractivity contribution in [3.63, 3.8) is 0 Å². The molecule has 2 aromatic carbocycles. The molecular weight excluding hydrogens is 455 g/mol. The van der Waals surface area contributed by atoms with Crippen molar-refractivity contribution in [3.05, 3.63) is 64.9 Å². The zero-order valence-corrected chi connectivity index (χ0v) is 18.1. The van der Waals surface area contributed by atoms with Crippen LogP contribution < -0.4 is 20.9 Å². The molecule has 0 saturated carbocycles. The molecule has 0 unspecified atom stereocenters. The van der Waals surface area contributed by atoms with Crippen molar-refractivity contribution in [1.29, 1.82) is 0 Å². The van der Waals surface area contributed by atoms with Crippen molar-refractivity contribution in [3.8, 4) is 0 Å². The van der Waals surface area contributed by atoms with E-state index in [1.807, 2.05) is 24.3 Å². The Hall–Kier alpha value is -3.60. The molecule has 2 heterocycles. The number of carbonyl (C=O) groups is 2. The Balaban J connectivity index is 1.28. The average molecular weight is 475 g/mol. The van der Waals surface area contributed by atoms with E-state index in [0.717, 1.165) is 30.1 Å². The maximum absolute atomic E-state index is 13.6. The number of halogens is 3. The lowest BCUT2D eigenvalue weighted by atomic mass is 10.2. The number of benzene rings is 2. The fourth-order valence-electron chi connectivity index (χ4n) is 3.41. The monoisotopic (exact) mass is 475 g/mol. The minimum Gasteiger partial charge on any atom is -0.372 e. The van der Waals surface area contributed by atoms with Crippen LogP contribution in [0.2, 0.25) is 0 Å². The van der Waals surface area contributed by atoms with Gasteiger partial charge in [0.15, 0.2) is 16.8 Å². The Bertz CT molecular complexity index is 1160. The summed E-state index contributed by atoms with van der Waals surface area (Å²) in [7, 11) is 0. The maximum atomic E-state index is 13.6. The maximum Gasteiger partial charge on any atom is 0.325 e. The summed E-state index contributed by atoms with van der Waals surface area (Å²) >= 11 is 1.06. The van der Waals surface area contributed by atoms with E-state index in [-0.39, 0.29) is 17.5 Å². The standard InChI is InChI=1S/C22H20F3N5O2S/c23-16-10-18(25)19(11-17(16)24)28-21(32)29-22-26-12-15(33-22)9-20(31)27-13-3-5-14(6-4-13)30-7-1-2-8-30/h3-6,10-12H,1-2,7-9H2,(H,27,31)(H2,26,28,29,32). The lowest BCUT2D eigenvalue weighted by Gasteiger charge is -2.17. The van der Waals surface area contributed by atoms with Crippen LogP contribution in [0.4, 0.5) is 40.2 Å². The predicted molar refractivity (Wildman–Crippen MR) is 121 cm³/mol. The molecule has 1 aliphatic heterocycles. The third-order valence-corrected chi connectivity index (χ3v) is 5.90. The van der Waals surface area contributed by atoms with Gasteiger partial charge in [0.25, 0.3) is 0 Å². The first-order chi connectivity index (χ1) is 15.9. The molecule has 0 spiro atoms. The number of rotatable bonds is 6. The first-order valence-corrected chi connectivity index (χ1v) is 11.0. The highest BCUT2D eigenvalue weighted by atomic mass is 32.1. The van der Waals surface area contributed by atoms with Crippen molar-refractivity contribution < 1.29 is 22.8 Å². The van der Waals surface area contributed by atoms with E-state index in [2.05, 4.69) is 25.8 Å². The van der Waals surface area contributed by atoms with Crippen LogP contribution in [0.3, 0.4) is 0 Å². The number of nitrogens with zero attached hydrogens (tertiary/aromatic N) is 2. The fourth-order valence-corrected chi connectivity index (χ4v) is 4.22. The normalized spacial score (nSPS) is 13.1. The number of urea groups is 1. The molecule has 3 N–H and O–H groups in total. The number of thiazole rings is 1.